The third-order valence-electron chi connectivity index (χ3n) is 13.5. The molecule has 0 spiro atoms. The molecule has 0 unspecified atom stereocenters. The van der Waals surface area contributed by atoms with Crippen molar-refractivity contribution in [1.29, 1.82) is 0 Å². The molecule has 0 bridgehead atoms. The van der Waals surface area contributed by atoms with E-state index in [-0.39, 0.29) is 87.7 Å². The number of nitrogens with zero attached hydrogens (tertiary/aromatic N) is 9. The van der Waals surface area contributed by atoms with Crippen LogP contribution < -0.4 is 77.2 Å². The summed E-state index contributed by atoms with van der Waals surface area (Å²) in [5.41, 5.74) is 28.1. The predicted octanol–water partition coefficient (Wildman–Crippen LogP) is -1.50. The van der Waals surface area contributed by atoms with Crippen LogP contribution in [0, 0.1) is 0 Å². The Kier molecular flexibility index (Phi) is 20.4. The monoisotopic (exact) mass is 1290 g/mol. The van der Waals surface area contributed by atoms with Gasteiger partial charge < -0.3 is 85.0 Å². The number of aromatic nitrogens is 12. The minimum absolute atomic E-state index is 0.00689. The van der Waals surface area contributed by atoms with Gasteiger partial charge in [0.15, 0.2) is 33.5 Å². The van der Waals surface area contributed by atoms with Crippen molar-refractivity contribution < 1.29 is 52.6 Å². The van der Waals surface area contributed by atoms with Crippen molar-refractivity contribution in [3.05, 3.63) is 156 Å². The van der Waals surface area contributed by atoms with Crippen molar-refractivity contribution in [2.45, 2.75) is 76.3 Å². The van der Waals surface area contributed by atoms with Gasteiger partial charge in [-0.2, -0.15) is 15.0 Å². The first-order valence-electron chi connectivity index (χ1n) is 28.1. The van der Waals surface area contributed by atoms with Crippen LogP contribution in [0.2, 0.25) is 0 Å². The van der Waals surface area contributed by atoms with Crippen molar-refractivity contribution in [2.75, 3.05) is 33.2 Å². The summed E-state index contributed by atoms with van der Waals surface area (Å²) in [6, 6.07) is 11.9. The van der Waals surface area contributed by atoms with Crippen LogP contribution in [0.3, 0.4) is 0 Å². The minimum Gasteiger partial charge on any atom is -0.392 e. The molecule has 37 heteroatoms. The number of hydrogen-bond donors (Lipinski definition) is 14. The van der Waals surface area contributed by atoms with Gasteiger partial charge in [0.25, 0.3) is 17.7 Å². The van der Waals surface area contributed by atoms with Gasteiger partial charge in [0.05, 0.1) is 55.3 Å². The molecule has 3 atom stereocenters. The summed E-state index contributed by atoms with van der Waals surface area (Å²) in [7, 11) is 0. The molecule has 9 aromatic rings. The quantitative estimate of drug-likeness (QED) is 0.0206. The summed E-state index contributed by atoms with van der Waals surface area (Å²) in [6.45, 7) is 0.215. The summed E-state index contributed by atoms with van der Waals surface area (Å²) in [5, 5.41) is 16.4. The molecular weight excluding hydrogens is 1230 g/mol. The van der Waals surface area contributed by atoms with Gasteiger partial charge in [0.2, 0.25) is 29.7 Å². The highest BCUT2D eigenvalue weighted by Gasteiger charge is 2.33. The van der Waals surface area contributed by atoms with Crippen LogP contribution in [-0.4, -0.2) is 131 Å². The molecule has 0 aliphatic carbocycles. The molecule has 482 valence electrons. The van der Waals surface area contributed by atoms with E-state index in [0.29, 0.717) is 34.1 Å². The van der Waals surface area contributed by atoms with E-state index in [9.17, 15) is 57.5 Å². The van der Waals surface area contributed by atoms with Crippen molar-refractivity contribution in [1.82, 2.24) is 75.8 Å². The fraction of sp³-hybridized carbons (Fsp3) is 0.211. The van der Waals surface area contributed by atoms with Crippen LogP contribution in [0.15, 0.2) is 106 Å². The maximum atomic E-state index is 14.1. The predicted molar refractivity (Wildman–Crippen MR) is 330 cm³/mol. The zero-order valence-electron chi connectivity index (χ0n) is 48.9. The molecule has 19 N–H and O–H groups in total. The highest BCUT2D eigenvalue weighted by molar-refractivity contribution is 6.02. The second-order valence-electron chi connectivity index (χ2n) is 20.4. The number of ether oxygens (including phenoxy) is 2. The number of carbonyl (C=O) groups excluding carboxylic acids is 9. The molecule has 6 aromatic heterocycles. The number of anilines is 6. The molecule has 0 saturated carbocycles. The van der Waals surface area contributed by atoms with Gasteiger partial charge >= 0.3 is 40.6 Å². The molecule has 5 amide bonds. The van der Waals surface area contributed by atoms with Gasteiger partial charge in [-0.25, -0.2) is 44.3 Å². The number of benzene rings is 3. The van der Waals surface area contributed by atoms with Gasteiger partial charge in [-0.3, -0.25) is 43.2 Å². The molecule has 6 heterocycles. The van der Waals surface area contributed by atoms with E-state index in [4.69, 9.17) is 38.1 Å². The molecule has 94 heavy (non-hydrogen) atoms. The van der Waals surface area contributed by atoms with E-state index in [1.54, 1.807) is 0 Å². The molecule has 3 aromatic carbocycles. The normalized spacial score (nSPS) is 12.0. The lowest BCUT2D eigenvalue weighted by atomic mass is 10.1. The van der Waals surface area contributed by atoms with Crippen molar-refractivity contribution in [3.63, 3.8) is 0 Å². The molecule has 0 fully saturated rings. The first-order chi connectivity index (χ1) is 45.0. The number of fused-ring (bicyclic) bond motifs is 3. The number of primary amides is 2. The van der Waals surface area contributed by atoms with E-state index < -0.39 is 127 Å². The van der Waals surface area contributed by atoms with Crippen LogP contribution >= 0.6 is 0 Å². The molecule has 0 aliphatic rings. The maximum Gasteiger partial charge on any atom is 0.336 e. The van der Waals surface area contributed by atoms with Crippen LogP contribution in [0.4, 0.5) is 34.9 Å². The Hall–Kier alpha value is -13.3. The number of aromatic amines is 3. The zero-order valence-corrected chi connectivity index (χ0v) is 48.9. The Morgan fingerprint density at radius 1 is 0.404 bits per heavy atom. The minimum atomic E-state index is -1.88. The van der Waals surface area contributed by atoms with Crippen molar-refractivity contribution in [3.8, 4) is 0 Å². The highest BCUT2D eigenvalue weighted by Crippen LogP contribution is 2.18. The second-order valence-corrected chi connectivity index (χ2v) is 20.4. The lowest BCUT2D eigenvalue weighted by molar-refractivity contribution is -0.162. The molecule has 37 nitrogen and oxygen atoms in total. The SMILES string of the molecule is NC(=O)CC[C@H](NC(=O)c1ccc(NCc2cnc3[nH]c(N)nc(=O)c3n2)cc1)C(=O)OC(=O)CC[C@H](NC(=O)c1ccc(NCc2cnc3[nH]c(N)nc(=O)c3n2)cc1)C(=O)OC(=O)[C@H](CCC(N)=O)NC(=O)c1ccc(NCc2cnc3[nH]c(N)nc(=O)c3n2)cc1. The molecule has 0 aliphatic heterocycles. The Bertz CT molecular complexity index is 4620. The van der Waals surface area contributed by atoms with Crippen molar-refractivity contribution in [2.24, 2.45) is 11.5 Å². The third-order valence-corrected chi connectivity index (χ3v) is 13.5. The number of rotatable bonds is 27. The lowest BCUT2D eigenvalue weighted by Crippen LogP contribution is -2.47. The van der Waals surface area contributed by atoms with Gasteiger partial charge in [-0.15, -0.1) is 0 Å². The summed E-state index contributed by atoms with van der Waals surface area (Å²) in [6.07, 6.45) is 0.775. The zero-order chi connectivity index (χ0) is 67.2. The van der Waals surface area contributed by atoms with E-state index in [2.05, 4.69) is 91.7 Å². The number of nitrogens with two attached hydrogens (primary N) is 5. The molecule has 9 rings (SSSR count). The number of nitrogen functional groups attached to an aromatic ring is 3. The molecular formula is C57H55N23O14. The maximum absolute atomic E-state index is 14.1. The van der Waals surface area contributed by atoms with E-state index in [0.717, 1.165) is 0 Å². The van der Waals surface area contributed by atoms with Crippen LogP contribution in [-0.2, 0) is 57.9 Å². The topological polar surface area (TPSA) is 589 Å². The number of H-pyrrole nitrogens is 3. The largest absolute Gasteiger partial charge is 0.392 e. The Labute approximate surface area is 525 Å². The Morgan fingerprint density at radius 3 is 0.989 bits per heavy atom. The molecule has 0 radical (unpaired) electrons. The fourth-order valence-electron chi connectivity index (χ4n) is 8.77. The van der Waals surface area contributed by atoms with E-state index in [1.165, 1.54) is 91.4 Å². The lowest BCUT2D eigenvalue weighted by Gasteiger charge is -2.20. The smallest absolute Gasteiger partial charge is 0.336 e. The summed E-state index contributed by atoms with van der Waals surface area (Å²) in [4.78, 5) is 201. The van der Waals surface area contributed by atoms with Crippen LogP contribution in [0.1, 0.15) is 86.7 Å². The van der Waals surface area contributed by atoms with Gasteiger partial charge in [0, 0.05) is 53.0 Å². The average Bonchev–Trinajstić information content (AvgIpc) is 0.845. The van der Waals surface area contributed by atoms with Gasteiger partial charge in [-0.1, -0.05) is 0 Å². The summed E-state index contributed by atoms with van der Waals surface area (Å²) >= 11 is 0. The van der Waals surface area contributed by atoms with Gasteiger partial charge in [-0.05, 0) is 92.1 Å². The van der Waals surface area contributed by atoms with Crippen LogP contribution in [0.5, 0.6) is 0 Å². The summed E-state index contributed by atoms with van der Waals surface area (Å²) < 4.78 is 10.3. The average molecular weight is 1290 g/mol. The Morgan fingerprint density at radius 2 is 0.691 bits per heavy atom. The van der Waals surface area contributed by atoms with E-state index >= 15 is 0 Å². The fourth-order valence-corrected chi connectivity index (χ4v) is 8.77. The van der Waals surface area contributed by atoms with Crippen LogP contribution in [0.25, 0.3) is 33.5 Å². The second kappa shape index (κ2) is 29.4. The molecule has 0 saturated heterocycles. The third kappa shape index (κ3) is 17.3. The number of amides is 5. The van der Waals surface area contributed by atoms with E-state index in [1.807, 2.05) is 0 Å². The number of hydrogen-bond acceptors (Lipinski definition) is 29. The van der Waals surface area contributed by atoms with Gasteiger partial charge in [0.1, 0.15) is 18.1 Å². The first-order valence-corrected chi connectivity index (χ1v) is 28.1. The number of esters is 4. The Balaban J connectivity index is 0.851. The van der Waals surface area contributed by atoms with Crippen molar-refractivity contribution >= 4 is 122 Å². The number of carbonyl (C=O) groups is 9. The standard InChI is InChI=1S/C57H55N23O14/c58-37(81)16-13-34(72-46(84)25-1-7-28(8-2-25)63-19-31-22-66-43-40(69-31)49(87)78-55(60)75-43)52(90)93-39(83)18-15-36(74-48(86)27-5-11-30(12-6-27)65-21-33-24-68-45-42(71-33)51(89)80-57(62)77-45)54(92)94-53(91)35(14-17-38(59)82)73-47(85)26-3-9-29(10-4-26)64-20-32-23-67-44-41(70-32)50(88)79-56(61)76-44/h1-12,22-24,34-36,63-65H,13-21H2,(H2,58,81)(H2,59,82)(H,72,84)(H,73,85)(H,74,86)(H3,60,66,75,78,87)(H3,61,67,76,79,88)(H3,62,68,77,80,89)/t34-,35-,36-/m0/s1. The number of nitrogens with one attached hydrogen (secondary N) is 9. The highest BCUT2D eigenvalue weighted by atomic mass is 16.6. The summed E-state index contributed by atoms with van der Waals surface area (Å²) in [5.74, 6) is -10.4. The first kappa shape index (κ1) is 65.2.